The molecule has 0 aliphatic carbocycles. The molecule has 5 heteroatoms. The number of benzene rings is 1. The summed E-state index contributed by atoms with van der Waals surface area (Å²) in [5.41, 5.74) is -1.04. The summed E-state index contributed by atoms with van der Waals surface area (Å²) in [6.45, 7) is 1.70. The summed E-state index contributed by atoms with van der Waals surface area (Å²) in [5, 5.41) is 0. The van der Waals surface area contributed by atoms with Crippen LogP contribution in [0.4, 0.5) is 13.2 Å². The van der Waals surface area contributed by atoms with Crippen LogP contribution in [-0.2, 0) is 6.18 Å². The number of aryl methyl sites for hydroxylation is 1. The lowest BCUT2D eigenvalue weighted by Crippen LogP contribution is -2.08. The van der Waals surface area contributed by atoms with Crippen LogP contribution < -0.4 is 0 Å². The zero-order valence-corrected chi connectivity index (χ0v) is 9.41. The smallest absolute Gasteiger partial charge is 0.417 e. The molecule has 2 nitrogen and oxygen atoms in total. The van der Waals surface area contributed by atoms with E-state index in [1.165, 1.54) is 6.07 Å². The molecule has 1 aromatic carbocycles. The van der Waals surface area contributed by atoms with Gasteiger partial charge in [0.2, 0.25) is 0 Å². The number of rotatable bonds is 2. The van der Waals surface area contributed by atoms with Crippen LogP contribution in [-0.4, -0.2) is 6.29 Å². The molecule has 0 fully saturated rings. The molecule has 18 heavy (non-hydrogen) atoms. The third-order valence-corrected chi connectivity index (χ3v) is 2.51. The highest BCUT2D eigenvalue weighted by molar-refractivity contribution is 5.79. The maximum atomic E-state index is 12.7. The molecule has 1 aromatic heterocycles. The van der Waals surface area contributed by atoms with Gasteiger partial charge in [0.25, 0.3) is 0 Å². The van der Waals surface area contributed by atoms with Crippen LogP contribution >= 0.6 is 0 Å². The van der Waals surface area contributed by atoms with Crippen molar-refractivity contribution in [2.45, 2.75) is 13.1 Å². The second-order valence-corrected chi connectivity index (χ2v) is 3.83. The summed E-state index contributed by atoms with van der Waals surface area (Å²) in [4.78, 5) is 10.6. The minimum absolute atomic E-state index is 0.194. The number of halogens is 3. The van der Waals surface area contributed by atoms with E-state index in [0.29, 0.717) is 17.1 Å². The molecule has 0 saturated heterocycles. The van der Waals surface area contributed by atoms with Crippen molar-refractivity contribution >= 4 is 6.29 Å². The van der Waals surface area contributed by atoms with E-state index in [4.69, 9.17) is 4.42 Å². The van der Waals surface area contributed by atoms with Gasteiger partial charge in [-0.05, 0) is 25.1 Å². The van der Waals surface area contributed by atoms with Crippen LogP contribution in [0, 0.1) is 6.92 Å². The van der Waals surface area contributed by atoms with E-state index in [-0.39, 0.29) is 11.8 Å². The van der Waals surface area contributed by atoms with E-state index in [1.807, 2.05) is 0 Å². The van der Waals surface area contributed by atoms with E-state index >= 15 is 0 Å². The Morgan fingerprint density at radius 2 is 1.89 bits per heavy atom. The Morgan fingerprint density at radius 3 is 2.39 bits per heavy atom. The van der Waals surface area contributed by atoms with Crippen molar-refractivity contribution in [2.24, 2.45) is 0 Å². The van der Waals surface area contributed by atoms with Crippen molar-refractivity contribution in [2.75, 3.05) is 0 Å². The van der Waals surface area contributed by atoms with Crippen LogP contribution in [0.3, 0.4) is 0 Å². The van der Waals surface area contributed by atoms with Crippen molar-refractivity contribution in [3.8, 4) is 11.3 Å². The van der Waals surface area contributed by atoms with Crippen molar-refractivity contribution in [3.63, 3.8) is 0 Å². The van der Waals surface area contributed by atoms with Gasteiger partial charge in [-0.3, -0.25) is 4.79 Å². The fourth-order valence-corrected chi connectivity index (χ4v) is 1.65. The van der Waals surface area contributed by atoms with Gasteiger partial charge < -0.3 is 4.42 Å². The normalized spacial score (nSPS) is 11.6. The summed E-state index contributed by atoms with van der Waals surface area (Å²) >= 11 is 0. The summed E-state index contributed by atoms with van der Waals surface area (Å²) < 4.78 is 43.5. The van der Waals surface area contributed by atoms with E-state index in [0.717, 1.165) is 12.1 Å². The Labute approximate surface area is 101 Å². The number of furan rings is 1. The Morgan fingerprint density at radius 1 is 1.17 bits per heavy atom. The second-order valence-electron chi connectivity index (χ2n) is 3.83. The molecule has 0 aliphatic rings. The number of hydrogen-bond donors (Lipinski definition) is 0. The molecule has 0 N–H and O–H groups in total. The minimum Gasteiger partial charge on any atom is -0.461 e. The van der Waals surface area contributed by atoms with Crippen LogP contribution in [0.25, 0.3) is 11.3 Å². The Balaban J connectivity index is 2.56. The largest absolute Gasteiger partial charge is 0.461 e. The lowest BCUT2D eigenvalue weighted by Gasteiger charge is -2.10. The highest BCUT2D eigenvalue weighted by Crippen LogP contribution is 2.34. The van der Waals surface area contributed by atoms with Crippen LogP contribution in [0.15, 0.2) is 34.7 Å². The van der Waals surface area contributed by atoms with Gasteiger partial charge in [-0.15, -0.1) is 0 Å². The van der Waals surface area contributed by atoms with Crippen molar-refractivity contribution in [1.29, 1.82) is 0 Å². The molecule has 2 aromatic rings. The molecular weight excluding hydrogens is 245 g/mol. The predicted molar refractivity (Wildman–Crippen MR) is 59.3 cm³/mol. The highest BCUT2D eigenvalue weighted by atomic mass is 19.4. The lowest BCUT2D eigenvalue weighted by atomic mass is 10.0. The van der Waals surface area contributed by atoms with Gasteiger partial charge in [-0.25, -0.2) is 0 Å². The fourth-order valence-electron chi connectivity index (χ4n) is 1.65. The van der Waals surface area contributed by atoms with Crippen LogP contribution in [0.5, 0.6) is 0 Å². The Kier molecular flexibility index (Phi) is 2.98. The summed E-state index contributed by atoms with van der Waals surface area (Å²) in [6.07, 6.45) is -4.37. The van der Waals surface area contributed by atoms with E-state index < -0.39 is 11.7 Å². The molecule has 0 bridgehead atoms. The number of aldehydes is 1. The molecule has 94 valence electrons. The molecule has 1 heterocycles. The van der Waals surface area contributed by atoms with Gasteiger partial charge in [0.05, 0.1) is 5.56 Å². The van der Waals surface area contributed by atoms with Crippen LogP contribution in [0.1, 0.15) is 21.7 Å². The molecule has 0 spiro atoms. The highest BCUT2D eigenvalue weighted by Gasteiger charge is 2.33. The first-order valence-corrected chi connectivity index (χ1v) is 5.15. The maximum absolute atomic E-state index is 12.7. The predicted octanol–water partition coefficient (Wildman–Crippen LogP) is 4.09. The average Bonchev–Trinajstić information content (AvgIpc) is 2.74. The fraction of sp³-hybridized carbons (Fsp3) is 0.154. The number of hydrogen-bond acceptors (Lipinski definition) is 2. The number of alkyl halides is 3. The third kappa shape index (κ3) is 2.30. The maximum Gasteiger partial charge on any atom is 0.417 e. The zero-order valence-electron chi connectivity index (χ0n) is 9.41. The second kappa shape index (κ2) is 4.33. The van der Waals surface area contributed by atoms with Crippen molar-refractivity contribution in [3.05, 3.63) is 47.2 Å². The van der Waals surface area contributed by atoms with Gasteiger partial charge in [-0.1, -0.05) is 12.1 Å². The molecule has 2 rings (SSSR count). The minimum atomic E-state index is -4.56. The van der Waals surface area contributed by atoms with Gasteiger partial charge in [-0.2, -0.15) is 13.2 Å². The standard InChI is InChI=1S/C13H9F3O2/c1-8-2-5-12(18-8)9-3-4-10(7-17)11(6-9)13(14,15)16/h2-7H,1H3. The van der Waals surface area contributed by atoms with Gasteiger partial charge >= 0.3 is 6.18 Å². The molecule has 0 radical (unpaired) electrons. The summed E-state index contributed by atoms with van der Waals surface area (Å²) in [6, 6.07) is 6.74. The van der Waals surface area contributed by atoms with Gasteiger partial charge in [0.1, 0.15) is 11.5 Å². The topological polar surface area (TPSA) is 30.2 Å². The average molecular weight is 254 g/mol. The first-order chi connectivity index (χ1) is 8.41. The molecule has 0 amide bonds. The number of carbonyl (C=O) groups excluding carboxylic acids is 1. The van der Waals surface area contributed by atoms with E-state index in [1.54, 1.807) is 19.1 Å². The molecule has 0 unspecified atom stereocenters. The quantitative estimate of drug-likeness (QED) is 0.755. The molecule has 0 saturated carbocycles. The SMILES string of the molecule is Cc1ccc(-c2ccc(C=O)c(C(F)(F)F)c2)o1. The lowest BCUT2D eigenvalue weighted by molar-refractivity contribution is -0.137. The van der Waals surface area contributed by atoms with Crippen molar-refractivity contribution < 1.29 is 22.4 Å². The summed E-state index contributed by atoms with van der Waals surface area (Å²) in [5.74, 6) is 0.952. The first kappa shape index (κ1) is 12.4. The Bertz CT molecular complexity index is 582. The van der Waals surface area contributed by atoms with E-state index in [9.17, 15) is 18.0 Å². The molecule has 0 atom stereocenters. The Hall–Kier alpha value is -2.04. The van der Waals surface area contributed by atoms with Crippen LogP contribution in [0.2, 0.25) is 0 Å². The first-order valence-electron chi connectivity index (χ1n) is 5.15. The molecular formula is C13H9F3O2. The van der Waals surface area contributed by atoms with E-state index in [2.05, 4.69) is 0 Å². The number of carbonyl (C=O) groups is 1. The summed E-state index contributed by atoms with van der Waals surface area (Å²) in [7, 11) is 0. The zero-order chi connectivity index (χ0) is 13.3. The molecule has 0 aliphatic heterocycles. The van der Waals surface area contributed by atoms with Crippen molar-refractivity contribution in [1.82, 2.24) is 0 Å². The van der Waals surface area contributed by atoms with Gasteiger partial charge in [0.15, 0.2) is 6.29 Å². The van der Waals surface area contributed by atoms with Gasteiger partial charge in [0, 0.05) is 11.1 Å². The monoisotopic (exact) mass is 254 g/mol. The third-order valence-electron chi connectivity index (χ3n) is 2.51.